The summed E-state index contributed by atoms with van der Waals surface area (Å²) in [7, 11) is 0. The summed E-state index contributed by atoms with van der Waals surface area (Å²) in [5.41, 5.74) is 0. The van der Waals surface area contributed by atoms with Crippen LogP contribution in [0.1, 0.15) is 39.0 Å². The van der Waals surface area contributed by atoms with E-state index in [0.717, 1.165) is 24.2 Å². The Labute approximate surface area is 68.2 Å². The minimum atomic E-state index is 0.391. The van der Waals surface area contributed by atoms with Gasteiger partial charge in [0.25, 0.3) is 0 Å². The highest BCUT2D eigenvalue weighted by Gasteiger charge is 2.39. The molecule has 2 rings (SSSR count). The van der Waals surface area contributed by atoms with Gasteiger partial charge in [0.15, 0.2) is 0 Å². The van der Waals surface area contributed by atoms with Crippen molar-refractivity contribution in [3.8, 4) is 0 Å². The molecule has 11 heavy (non-hydrogen) atoms. The highest BCUT2D eigenvalue weighted by molar-refractivity contribution is 5.75. The average molecular weight is 152 g/mol. The molecule has 2 aliphatic rings. The molecule has 1 heteroatoms. The summed E-state index contributed by atoms with van der Waals surface area (Å²) < 4.78 is 0. The summed E-state index contributed by atoms with van der Waals surface area (Å²) in [6.07, 6.45) is 6.49. The molecular formula is C10H16O. The quantitative estimate of drug-likeness (QED) is 0.593. The lowest BCUT2D eigenvalue weighted by Gasteiger charge is -2.19. The van der Waals surface area contributed by atoms with Crippen molar-refractivity contribution in [3.63, 3.8) is 0 Å². The zero-order valence-electron chi connectivity index (χ0n) is 7.18. The summed E-state index contributed by atoms with van der Waals surface area (Å²) >= 11 is 0. The molecule has 0 heterocycles. The molecule has 2 aliphatic carbocycles. The first-order valence-corrected chi connectivity index (χ1v) is 4.75. The molecule has 0 aromatic carbocycles. The van der Waals surface area contributed by atoms with Gasteiger partial charge in [-0.1, -0.05) is 6.42 Å². The van der Waals surface area contributed by atoms with E-state index in [1.54, 1.807) is 6.92 Å². The maximum absolute atomic E-state index is 10.9. The second-order valence-electron chi connectivity index (χ2n) is 4.34. The van der Waals surface area contributed by atoms with Crippen LogP contribution in [-0.2, 0) is 4.79 Å². The highest BCUT2D eigenvalue weighted by Crippen LogP contribution is 2.49. The Kier molecular flexibility index (Phi) is 1.74. The fraction of sp³-hybridized carbons (Fsp3) is 0.900. The molecule has 0 aliphatic heterocycles. The van der Waals surface area contributed by atoms with E-state index in [0.29, 0.717) is 5.78 Å². The van der Waals surface area contributed by atoms with Crippen molar-refractivity contribution in [2.45, 2.75) is 39.0 Å². The van der Waals surface area contributed by atoms with Gasteiger partial charge in [0.2, 0.25) is 0 Å². The lowest BCUT2D eigenvalue weighted by atomic mass is 9.85. The van der Waals surface area contributed by atoms with E-state index in [1.165, 1.54) is 25.7 Å². The van der Waals surface area contributed by atoms with Crippen molar-refractivity contribution in [3.05, 3.63) is 0 Å². The van der Waals surface area contributed by atoms with Crippen LogP contribution in [0.5, 0.6) is 0 Å². The van der Waals surface area contributed by atoms with Gasteiger partial charge >= 0.3 is 0 Å². The minimum absolute atomic E-state index is 0.391. The van der Waals surface area contributed by atoms with Crippen LogP contribution in [0.15, 0.2) is 0 Å². The van der Waals surface area contributed by atoms with Crippen molar-refractivity contribution < 1.29 is 4.79 Å². The molecule has 0 saturated heterocycles. The third-order valence-corrected chi connectivity index (χ3v) is 3.43. The normalized spacial score (nSPS) is 41.4. The molecule has 2 saturated carbocycles. The lowest BCUT2D eigenvalue weighted by Crippen LogP contribution is -2.13. The van der Waals surface area contributed by atoms with Crippen LogP contribution in [0.3, 0.4) is 0 Å². The molecule has 2 fully saturated rings. The van der Waals surface area contributed by atoms with Gasteiger partial charge in [-0.2, -0.15) is 0 Å². The molecule has 0 spiro atoms. The number of fused-ring (bicyclic) bond motifs is 2. The first kappa shape index (κ1) is 7.33. The number of Topliss-reactive ketones (excluding diaryl/α,β-unsaturated/α-hetero) is 1. The van der Waals surface area contributed by atoms with E-state index in [4.69, 9.17) is 0 Å². The standard InChI is InChI=1S/C10H16O/c1-7(11)4-10-6-8-2-3-9(10)5-8/h8-10H,2-6H2,1H3/t8?,9?,10-/m0/s1. The number of carbonyl (C=O) groups is 1. The van der Waals surface area contributed by atoms with Gasteiger partial charge in [-0.25, -0.2) is 0 Å². The van der Waals surface area contributed by atoms with Crippen molar-refractivity contribution in [1.29, 1.82) is 0 Å². The summed E-state index contributed by atoms with van der Waals surface area (Å²) in [6.45, 7) is 1.73. The minimum Gasteiger partial charge on any atom is -0.300 e. The predicted octanol–water partition coefficient (Wildman–Crippen LogP) is 2.40. The van der Waals surface area contributed by atoms with Gasteiger partial charge in [0, 0.05) is 6.42 Å². The van der Waals surface area contributed by atoms with Gasteiger partial charge in [-0.3, -0.25) is 0 Å². The van der Waals surface area contributed by atoms with Gasteiger partial charge in [-0.15, -0.1) is 0 Å². The second kappa shape index (κ2) is 2.62. The van der Waals surface area contributed by atoms with Crippen LogP contribution in [0.4, 0.5) is 0 Å². The molecule has 1 nitrogen and oxygen atoms in total. The number of carbonyl (C=O) groups excluding carboxylic acids is 1. The molecule has 3 atom stereocenters. The molecule has 0 aromatic rings. The Bertz CT molecular complexity index is 174. The molecule has 0 amide bonds. The van der Waals surface area contributed by atoms with E-state index in [9.17, 15) is 4.79 Å². The lowest BCUT2D eigenvalue weighted by molar-refractivity contribution is -0.118. The van der Waals surface area contributed by atoms with E-state index in [2.05, 4.69) is 0 Å². The van der Waals surface area contributed by atoms with E-state index < -0.39 is 0 Å². The number of hydrogen-bond donors (Lipinski definition) is 0. The van der Waals surface area contributed by atoms with E-state index >= 15 is 0 Å². The van der Waals surface area contributed by atoms with Crippen LogP contribution in [0.25, 0.3) is 0 Å². The van der Waals surface area contributed by atoms with Gasteiger partial charge in [-0.05, 0) is 43.9 Å². The number of hydrogen-bond acceptors (Lipinski definition) is 1. The fourth-order valence-corrected chi connectivity index (χ4v) is 3.00. The maximum Gasteiger partial charge on any atom is 0.130 e. The molecule has 2 bridgehead atoms. The smallest absolute Gasteiger partial charge is 0.130 e. The third kappa shape index (κ3) is 1.33. The van der Waals surface area contributed by atoms with Gasteiger partial charge in [0.05, 0.1) is 0 Å². The first-order chi connectivity index (χ1) is 5.25. The summed E-state index contributed by atoms with van der Waals surface area (Å²) in [5.74, 6) is 3.07. The molecular weight excluding hydrogens is 136 g/mol. The van der Waals surface area contributed by atoms with Crippen molar-refractivity contribution in [2.75, 3.05) is 0 Å². The highest BCUT2D eigenvalue weighted by atomic mass is 16.1. The summed E-state index contributed by atoms with van der Waals surface area (Å²) in [5, 5.41) is 0. The van der Waals surface area contributed by atoms with Gasteiger partial charge < -0.3 is 4.79 Å². The van der Waals surface area contributed by atoms with Crippen LogP contribution in [-0.4, -0.2) is 5.78 Å². The van der Waals surface area contributed by atoms with E-state index in [-0.39, 0.29) is 0 Å². The molecule has 2 unspecified atom stereocenters. The largest absolute Gasteiger partial charge is 0.300 e. The summed E-state index contributed by atoms with van der Waals surface area (Å²) in [6, 6.07) is 0. The van der Waals surface area contributed by atoms with Gasteiger partial charge in [0.1, 0.15) is 5.78 Å². The van der Waals surface area contributed by atoms with E-state index in [1.807, 2.05) is 0 Å². The van der Waals surface area contributed by atoms with Crippen molar-refractivity contribution in [2.24, 2.45) is 17.8 Å². The van der Waals surface area contributed by atoms with Crippen LogP contribution < -0.4 is 0 Å². The molecule has 0 aromatic heterocycles. The predicted molar refractivity (Wildman–Crippen MR) is 44.2 cm³/mol. The Balaban J connectivity index is 1.92. The van der Waals surface area contributed by atoms with Crippen LogP contribution in [0, 0.1) is 17.8 Å². The van der Waals surface area contributed by atoms with Crippen LogP contribution in [0.2, 0.25) is 0 Å². The Morgan fingerprint density at radius 1 is 1.36 bits per heavy atom. The van der Waals surface area contributed by atoms with Crippen molar-refractivity contribution >= 4 is 5.78 Å². The summed E-state index contributed by atoms with van der Waals surface area (Å²) in [4.78, 5) is 10.9. The number of ketones is 1. The molecule has 0 radical (unpaired) electrons. The Morgan fingerprint density at radius 3 is 2.64 bits per heavy atom. The molecule has 62 valence electrons. The SMILES string of the molecule is CC(=O)C[C@H]1CC2CCC1C2. The zero-order valence-corrected chi connectivity index (χ0v) is 7.18. The van der Waals surface area contributed by atoms with Crippen molar-refractivity contribution in [1.82, 2.24) is 0 Å². The molecule has 0 N–H and O–H groups in total. The number of rotatable bonds is 2. The maximum atomic E-state index is 10.9. The Hall–Kier alpha value is -0.330. The topological polar surface area (TPSA) is 17.1 Å². The fourth-order valence-electron chi connectivity index (χ4n) is 3.00. The third-order valence-electron chi connectivity index (χ3n) is 3.43. The first-order valence-electron chi connectivity index (χ1n) is 4.75. The monoisotopic (exact) mass is 152 g/mol. The van der Waals surface area contributed by atoms with Crippen LogP contribution >= 0.6 is 0 Å². The zero-order chi connectivity index (χ0) is 7.84. The Morgan fingerprint density at radius 2 is 2.18 bits per heavy atom. The second-order valence-corrected chi connectivity index (χ2v) is 4.34. The average Bonchev–Trinajstić information content (AvgIpc) is 2.45.